The first-order chi connectivity index (χ1) is 16.9. The number of nitrogens with two attached hydrogens (primary N) is 1. The van der Waals surface area contributed by atoms with Gasteiger partial charge in [0.15, 0.2) is 0 Å². The molecule has 5 N–H and O–H groups in total. The quantitative estimate of drug-likeness (QED) is 0.466. The number of nitrogens with zero attached hydrogens (tertiary/aromatic N) is 1. The van der Waals surface area contributed by atoms with Gasteiger partial charge < -0.3 is 21.3 Å². The number of halogens is 2. The van der Waals surface area contributed by atoms with Crippen molar-refractivity contribution < 1.29 is 28.6 Å². The molecule has 0 aliphatic carbocycles. The van der Waals surface area contributed by atoms with Gasteiger partial charge in [0, 0.05) is 24.2 Å². The number of aliphatic hydroxyl groups excluding tert-OH is 2. The predicted molar refractivity (Wildman–Crippen MR) is 131 cm³/mol. The van der Waals surface area contributed by atoms with Crippen molar-refractivity contribution in [2.75, 3.05) is 18.5 Å². The van der Waals surface area contributed by atoms with Gasteiger partial charge in [-0.25, -0.2) is 8.78 Å². The van der Waals surface area contributed by atoms with E-state index in [4.69, 9.17) is 5.73 Å². The highest BCUT2D eigenvalue weighted by Crippen LogP contribution is 2.59. The Morgan fingerprint density at radius 1 is 1.17 bits per heavy atom. The van der Waals surface area contributed by atoms with Crippen molar-refractivity contribution in [3.63, 3.8) is 0 Å². The Kier molecular flexibility index (Phi) is 6.94. The highest BCUT2D eigenvalue weighted by atomic mass is 19.1. The number of amides is 2. The van der Waals surface area contributed by atoms with Gasteiger partial charge in [-0.1, -0.05) is 32.9 Å². The molecule has 2 aromatic rings. The van der Waals surface area contributed by atoms with Crippen LogP contribution in [0.1, 0.15) is 50.7 Å². The van der Waals surface area contributed by atoms with Crippen LogP contribution in [0.2, 0.25) is 0 Å². The molecule has 2 amide bonds. The van der Waals surface area contributed by atoms with Crippen LogP contribution in [0.15, 0.2) is 42.5 Å². The molecule has 2 aromatic carbocycles. The maximum absolute atomic E-state index is 14.7. The number of likely N-dealkylation sites (tertiary alicyclic amines) is 1. The lowest BCUT2D eigenvalue weighted by Crippen LogP contribution is -2.51. The highest BCUT2D eigenvalue weighted by Gasteiger charge is 2.68. The molecule has 5 atom stereocenters. The van der Waals surface area contributed by atoms with E-state index in [2.05, 4.69) is 5.32 Å². The molecule has 0 bridgehead atoms. The summed E-state index contributed by atoms with van der Waals surface area (Å²) in [7, 11) is 0. The number of benzene rings is 2. The molecule has 9 heteroatoms. The van der Waals surface area contributed by atoms with Crippen LogP contribution in [-0.4, -0.2) is 58.3 Å². The molecule has 2 aliphatic heterocycles. The normalized spacial score (nSPS) is 26.8. The number of aliphatic hydroxyl groups is 2. The van der Waals surface area contributed by atoms with Crippen LogP contribution in [0.5, 0.6) is 0 Å². The molecule has 194 valence electrons. The van der Waals surface area contributed by atoms with E-state index in [0.29, 0.717) is 23.2 Å². The topological polar surface area (TPSA) is 116 Å². The van der Waals surface area contributed by atoms with Crippen LogP contribution in [0.3, 0.4) is 0 Å². The van der Waals surface area contributed by atoms with Crippen molar-refractivity contribution in [3.05, 3.63) is 65.2 Å². The van der Waals surface area contributed by atoms with E-state index < -0.39 is 53.7 Å². The Morgan fingerprint density at radius 3 is 2.39 bits per heavy atom. The molecular weight excluding hydrogens is 468 g/mol. The Hall–Kier alpha value is -2.88. The molecular formula is C27H33F2N3O4. The largest absolute Gasteiger partial charge is 0.394 e. The number of hydrogen-bond acceptors (Lipinski definition) is 5. The highest BCUT2D eigenvalue weighted by molar-refractivity contribution is 6.09. The Labute approximate surface area is 209 Å². The molecule has 1 saturated heterocycles. The van der Waals surface area contributed by atoms with Gasteiger partial charge in [0.1, 0.15) is 17.0 Å². The third-order valence-electron chi connectivity index (χ3n) is 7.40. The van der Waals surface area contributed by atoms with E-state index >= 15 is 0 Å². The zero-order valence-corrected chi connectivity index (χ0v) is 20.7. The van der Waals surface area contributed by atoms with Gasteiger partial charge in [-0.15, -0.1) is 0 Å². The van der Waals surface area contributed by atoms with Crippen LogP contribution in [0.4, 0.5) is 14.5 Å². The van der Waals surface area contributed by atoms with Gasteiger partial charge in [0.2, 0.25) is 11.8 Å². The lowest BCUT2D eigenvalue weighted by atomic mass is 9.62. The fourth-order valence-corrected chi connectivity index (χ4v) is 6.04. The Morgan fingerprint density at radius 2 is 1.81 bits per heavy atom. The van der Waals surface area contributed by atoms with E-state index in [9.17, 15) is 28.6 Å². The first-order valence-corrected chi connectivity index (χ1v) is 12.1. The number of carbonyl (C=O) groups excluding carboxylic acids is 2. The molecule has 0 aromatic heterocycles. The summed E-state index contributed by atoms with van der Waals surface area (Å²) in [5.41, 5.74) is 5.66. The second kappa shape index (κ2) is 9.53. The molecule has 1 spiro atoms. The Bertz CT molecular complexity index is 1150. The molecule has 1 fully saturated rings. The smallest absolute Gasteiger partial charge is 0.237 e. The SMILES string of the molecule is CC(C)(C)CC1N(CC[C@H](O)CO)C(C(N)=O)C(c2ccc(F)cc2)C12C(=O)Nc1ccc(F)cc12. The first kappa shape index (κ1) is 26.2. The van der Waals surface area contributed by atoms with Crippen molar-refractivity contribution in [3.8, 4) is 0 Å². The summed E-state index contributed by atoms with van der Waals surface area (Å²) >= 11 is 0. The third kappa shape index (κ3) is 4.40. The van der Waals surface area contributed by atoms with Crippen molar-refractivity contribution in [1.29, 1.82) is 0 Å². The van der Waals surface area contributed by atoms with E-state index in [1.807, 2.05) is 25.7 Å². The third-order valence-corrected chi connectivity index (χ3v) is 7.40. The molecule has 0 radical (unpaired) electrons. The fourth-order valence-electron chi connectivity index (χ4n) is 6.04. The number of fused-ring (bicyclic) bond motifs is 2. The second-order valence-corrected chi connectivity index (χ2v) is 11.0. The number of anilines is 1. The molecule has 4 unspecified atom stereocenters. The van der Waals surface area contributed by atoms with Crippen molar-refractivity contribution in [2.24, 2.45) is 11.1 Å². The molecule has 2 aliphatic rings. The molecule has 4 rings (SSSR count). The van der Waals surface area contributed by atoms with E-state index in [0.717, 1.165) is 0 Å². The van der Waals surface area contributed by atoms with Crippen molar-refractivity contribution in [1.82, 2.24) is 4.90 Å². The van der Waals surface area contributed by atoms with Crippen molar-refractivity contribution in [2.45, 2.75) is 63.1 Å². The molecule has 36 heavy (non-hydrogen) atoms. The lowest BCUT2D eigenvalue weighted by Gasteiger charge is -2.40. The predicted octanol–water partition coefficient (Wildman–Crippen LogP) is 2.66. The van der Waals surface area contributed by atoms with Gasteiger partial charge >= 0.3 is 0 Å². The number of primary amides is 1. The number of hydrogen-bond donors (Lipinski definition) is 4. The summed E-state index contributed by atoms with van der Waals surface area (Å²) in [6.07, 6.45) is -0.463. The lowest BCUT2D eigenvalue weighted by molar-refractivity contribution is -0.123. The van der Waals surface area contributed by atoms with Crippen molar-refractivity contribution >= 4 is 17.5 Å². The average molecular weight is 502 g/mol. The maximum atomic E-state index is 14.7. The minimum absolute atomic E-state index is 0.130. The zero-order chi connectivity index (χ0) is 26.4. The Balaban J connectivity index is 2.02. The standard InChI is InChI=1S/C27H33F2N3O4/c1-26(2,3)13-21-27(19-12-17(29)8-9-20(19)31-25(27)36)22(15-4-6-16(28)7-5-15)23(24(30)35)32(21)11-10-18(34)14-33/h4-9,12,18,21-23,33-34H,10-11,13-14H2,1-3H3,(H2,30,35)(H,31,36)/t18-,21?,22?,23?,27?/m0/s1. The number of nitrogens with one attached hydrogen (secondary N) is 1. The fraction of sp³-hybridized carbons (Fsp3) is 0.481. The van der Waals surface area contributed by atoms with Gasteiger partial charge in [-0.3, -0.25) is 14.5 Å². The van der Waals surface area contributed by atoms with Gasteiger partial charge in [-0.2, -0.15) is 0 Å². The van der Waals surface area contributed by atoms with Crippen LogP contribution in [0.25, 0.3) is 0 Å². The monoisotopic (exact) mass is 501 g/mol. The summed E-state index contributed by atoms with van der Waals surface area (Å²) in [4.78, 5) is 29.0. The van der Waals surface area contributed by atoms with Gasteiger partial charge in [-0.05, 0) is 59.7 Å². The summed E-state index contributed by atoms with van der Waals surface area (Å²) in [6.45, 7) is 5.72. The summed E-state index contributed by atoms with van der Waals surface area (Å²) < 4.78 is 28.6. The van der Waals surface area contributed by atoms with E-state index in [-0.39, 0.29) is 24.3 Å². The van der Waals surface area contributed by atoms with Crippen LogP contribution >= 0.6 is 0 Å². The molecule has 0 saturated carbocycles. The van der Waals surface area contributed by atoms with Crippen LogP contribution in [-0.2, 0) is 15.0 Å². The van der Waals surface area contributed by atoms with Gasteiger partial charge in [0.25, 0.3) is 0 Å². The molecule has 7 nitrogen and oxygen atoms in total. The van der Waals surface area contributed by atoms with Crippen LogP contribution in [0, 0.1) is 17.0 Å². The molecule has 2 heterocycles. The maximum Gasteiger partial charge on any atom is 0.237 e. The number of carbonyl (C=O) groups is 2. The van der Waals surface area contributed by atoms with Gasteiger partial charge in [0.05, 0.1) is 18.8 Å². The zero-order valence-electron chi connectivity index (χ0n) is 20.7. The second-order valence-electron chi connectivity index (χ2n) is 11.0. The van der Waals surface area contributed by atoms with E-state index in [1.54, 1.807) is 0 Å². The summed E-state index contributed by atoms with van der Waals surface area (Å²) in [6, 6.07) is 8.06. The summed E-state index contributed by atoms with van der Waals surface area (Å²) in [5.74, 6) is -2.92. The summed E-state index contributed by atoms with van der Waals surface area (Å²) in [5, 5.41) is 22.4. The van der Waals surface area contributed by atoms with Crippen LogP contribution < -0.4 is 11.1 Å². The minimum Gasteiger partial charge on any atom is -0.394 e. The first-order valence-electron chi connectivity index (χ1n) is 12.1. The van der Waals surface area contributed by atoms with E-state index in [1.165, 1.54) is 42.5 Å². The number of rotatable bonds is 7. The average Bonchev–Trinajstić information content (AvgIpc) is 3.24. The minimum atomic E-state index is -1.41.